The number of likely N-dealkylation sites (tertiary alicyclic amines) is 1. The molecule has 0 aliphatic carbocycles. The van der Waals surface area contributed by atoms with Gasteiger partial charge in [0, 0.05) is 56.2 Å². The summed E-state index contributed by atoms with van der Waals surface area (Å²) in [6.07, 6.45) is 6.11. The van der Waals surface area contributed by atoms with E-state index < -0.39 is 0 Å². The van der Waals surface area contributed by atoms with E-state index in [9.17, 15) is 4.79 Å². The predicted molar refractivity (Wildman–Crippen MR) is 110 cm³/mol. The number of nitriles is 1. The van der Waals surface area contributed by atoms with Crippen LogP contribution in [-0.2, 0) is 11.3 Å². The molecule has 4 rings (SSSR count). The minimum atomic E-state index is 0.0645. The van der Waals surface area contributed by atoms with Gasteiger partial charge in [0.1, 0.15) is 5.82 Å². The highest BCUT2D eigenvalue weighted by Gasteiger charge is 2.27. The van der Waals surface area contributed by atoms with Crippen LogP contribution in [0.4, 0.5) is 0 Å². The number of imidazole rings is 1. The first-order valence-corrected chi connectivity index (χ1v) is 10.5. The van der Waals surface area contributed by atoms with E-state index in [1.54, 1.807) is 24.3 Å². The van der Waals surface area contributed by atoms with Crippen molar-refractivity contribution in [2.75, 3.05) is 26.3 Å². The van der Waals surface area contributed by atoms with Crippen molar-refractivity contribution in [1.29, 1.82) is 5.26 Å². The molecule has 29 heavy (non-hydrogen) atoms. The van der Waals surface area contributed by atoms with Crippen LogP contribution in [-0.4, -0.2) is 46.7 Å². The maximum Gasteiger partial charge on any atom is 0.253 e. The number of carbonyl (C=O) groups is 1. The molecular weight excluding hydrogens is 364 g/mol. The Morgan fingerprint density at radius 3 is 2.52 bits per heavy atom. The summed E-state index contributed by atoms with van der Waals surface area (Å²) in [7, 11) is 0. The summed E-state index contributed by atoms with van der Waals surface area (Å²) in [5.41, 5.74) is 2.47. The molecule has 2 fully saturated rings. The van der Waals surface area contributed by atoms with Gasteiger partial charge in [-0.2, -0.15) is 5.26 Å². The van der Waals surface area contributed by atoms with Crippen molar-refractivity contribution in [3.8, 4) is 6.07 Å². The lowest BCUT2D eigenvalue weighted by Crippen LogP contribution is -2.39. The average molecular weight is 393 g/mol. The molecule has 6 heteroatoms. The standard InChI is InChI=1S/C23H28N4O2/c1-17-15-25-22(20-8-12-29-13-9-20)27(17)16-19-6-10-26(11-7-19)23(28)21-4-2-18(14-24)3-5-21/h2-5,15,19-20H,6-13,16H2,1H3. The molecule has 0 bridgehead atoms. The fourth-order valence-corrected chi connectivity index (χ4v) is 4.45. The van der Waals surface area contributed by atoms with E-state index in [-0.39, 0.29) is 5.91 Å². The molecule has 152 valence electrons. The fraction of sp³-hybridized carbons (Fsp3) is 0.522. The number of amides is 1. The van der Waals surface area contributed by atoms with E-state index in [0.717, 1.165) is 58.5 Å². The van der Waals surface area contributed by atoms with Crippen LogP contribution in [0, 0.1) is 24.2 Å². The van der Waals surface area contributed by atoms with E-state index in [1.165, 1.54) is 11.5 Å². The van der Waals surface area contributed by atoms with Crippen molar-refractivity contribution in [2.24, 2.45) is 5.92 Å². The van der Waals surface area contributed by atoms with Gasteiger partial charge in [0.2, 0.25) is 0 Å². The lowest BCUT2D eigenvalue weighted by Gasteiger charge is -2.33. The monoisotopic (exact) mass is 392 g/mol. The SMILES string of the molecule is Cc1cnc(C2CCOCC2)n1CC1CCN(C(=O)c2ccc(C#N)cc2)CC1. The topological polar surface area (TPSA) is 71.2 Å². The molecule has 0 unspecified atom stereocenters. The molecule has 0 atom stereocenters. The molecular formula is C23H28N4O2. The third-order valence-electron chi connectivity index (χ3n) is 6.28. The summed E-state index contributed by atoms with van der Waals surface area (Å²) in [4.78, 5) is 19.4. The minimum absolute atomic E-state index is 0.0645. The molecule has 1 amide bonds. The van der Waals surface area contributed by atoms with E-state index in [4.69, 9.17) is 15.0 Å². The maximum atomic E-state index is 12.8. The van der Waals surface area contributed by atoms with Crippen molar-refractivity contribution in [1.82, 2.24) is 14.5 Å². The van der Waals surface area contributed by atoms with E-state index in [2.05, 4.69) is 17.6 Å². The first-order valence-electron chi connectivity index (χ1n) is 10.5. The lowest BCUT2D eigenvalue weighted by molar-refractivity contribution is 0.0679. The van der Waals surface area contributed by atoms with E-state index in [1.807, 2.05) is 11.1 Å². The van der Waals surface area contributed by atoms with Gasteiger partial charge in [0.25, 0.3) is 5.91 Å². The fourth-order valence-electron chi connectivity index (χ4n) is 4.45. The van der Waals surface area contributed by atoms with Crippen LogP contribution in [0.5, 0.6) is 0 Å². The molecule has 0 saturated carbocycles. The normalized spacial score (nSPS) is 18.6. The van der Waals surface area contributed by atoms with E-state index >= 15 is 0 Å². The Morgan fingerprint density at radius 1 is 1.17 bits per heavy atom. The first-order chi connectivity index (χ1) is 14.2. The van der Waals surface area contributed by atoms with Crippen molar-refractivity contribution in [2.45, 2.75) is 45.1 Å². The summed E-state index contributed by atoms with van der Waals surface area (Å²) in [5, 5.41) is 8.91. The van der Waals surface area contributed by atoms with Gasteiger partial charge >= 0.3 is 0 Å². The molecule has 6 nitrogen and oxygen atoms in total. The van der Waals surface area contributed by atoms with Gasteiger partial charge in [0.05, 0.1) is 11.6 Å². The smallest absolute Gasteiger partial charge is 0.253 e. The number of ether oxygens (including phenoxy) is 1. The molecule has 2 aliphatic heterocycles. The van der Waals surface area contributed by atoms with Crippen molar-refractivity contribution >= 4 is 5.91 Å². The summed E-state index contributed by atoms with van der Waals surface area (Å²) in [6, 6.07) is 9.01. The van der Waals surface area contributed by atoms with Crippen LogP contribution in [0.3, 0.4) is 0 Å². The summed E-state index contributed by atoms with van der Waals surface area (Å²) in [5.74, 6) is 2.33. The van der Waals surface area contributed by atoms with Gasteiger partial charge in [-0.25, -0.2) is 4.98 Å². The molecule has 1 aromatic carbocycles. The Labute approximate surface area is 172 Å². The molecule has 0 N–H and O–H groups in total. The number of hydrogen-bond donors (Lipinski definition) is 0. The van der Waals surface area contributed by atoms with Crippen molar-refractivity contribution in [3.05, 3.63) is 53.1 Å². The number of carbonyl (C=O) groups excluding carboxylic acids is 1. The first kappa shape index (κ1) is 19.7. The zero-order valence-corrected chi connectivity index (χ0v) is 17.0. The number of nitrogens with zero attached hydrogens (tertiary/aromatic N) is 4. The molecule has 0 radical (unpaired) electrons. The highest BCUT2D eigenvalue weighted by molar-refractivity contribution is 5.94. The van der Waals surface area contributed by atoms with E-state index in [0.29, 0.717) is 23.0 Å². The quantitative estimate of drug-likeness (QED) is 0.798. The number of aryl methyl sites for hydroxylation is 1. The van der Waals surface area contributed by atoms with Gasteiger partial charge in [-0.05, 0) is 62.8 Å². The van der Waals surface area contributed by atoms with Gasteiger partial charge < -0.3 is 14.2 Å². The summed E-state index contributed by atoms with van der Waals surface area (Å²) in [6.45, 7) is 6.34. The molecule has 2 aliphatic rings. The van der Waals surface area contributed by atoms with Crippen LogP contribution in [0.15, 0.2) is 30.5 Å². The molecule has 2 saturated heterocycles. The molecule has 3 heterocycles. The van der Waals surface area contributed by atoms with Crippen LogP contribution >= 0.6 is 0 Å². The number of hydrogen-bond acceptors (Lipinski definition) is 4. The lowest BCUT2D eigenvalue weighted by atomic mass is 9.95. The second kappa shape index (κ2) is 8.79. The van der Waals surface area contributed by atoms with Gasteiger partial charge in [-0.15, -0.1) is 0 Å². The van der Waals surface area contributed by atoms with Crippen LogP contribution < -0.4 is 0 Å². The Hall–Kier alpha value is -2.65. The number of aromatic nitrogens is 2. The van der Waals surface area contributed by atoms with Crippen LogP contribution in [0.1, 0.15) is 59.0 Å². The van der Waals surface area contributed by atoms with Crippen molar-refractivity contribution < 1.29 is 9.53 Å². The Balaban J connectivity index is 1.36. The van der Waals surface area contributed by atoms with Crippen molar-refractivity contribution in [3.63, 3.8) is 0 Å². The third-order valence-corrected chi connectivity index (χ3v) is 6.28. The second-order valence-electron chi connectivity index (χ2n) is 8.18. The average Bonchev–Trinajstić information content (AvgIpc) is 3.14. The highest BCUT2D eigenvalue weighted by atomic mass is 16.5. The largest absolute Gasteiger partial charge is 0.381 e. The third kappa shape index (κ3) is 4.35. The number of benzene rings is 1. The zero-order chi connectivity index (χ0) is 20.2. The summed E-state index contributed by atoms with van der Waals surface area (Å²) >= 11 is 0. The maximum absolute atomic E-state index is 12.8. The molecule has 1 aromatic heterocycles. The number of piperidine rings is 1. The Kier molecular flexibility index (Phi) is 5.96. The number of rotatable bonds is 4. The zero-order valence-electron chi connectivity index (χ0n) is 17.0. The van der Waals surface area contributed by atoms with Gasteiger partial charge in [-0.3, -0.25) is 4.79 Å². The Morgan fingerprint density at radius 2 is 1.86 bits per heavy atom. The Bertz CT molecular complexity index is 883. The second-order valence-corrected chi connectivity index (χ2v) is 8.18. The molecule has 2 aromatic rings. The minimum Gasteiger partial charge on any atom is -0.381 e. The van der Waals surface area contributed by atoms with Gasteiger partial charge in [-0.1, -0.05) is 0 Å². The predicted octanol–water partition coefficient (Wildman–Crippen LogP) is 3.51. The van der Waals surface area contributed by atoms with Gasteiger partial charge in [0.15, 0.2) is 0 Å². The molecule has 0 spiro atoms. The summed E-state index contributed by atoms with van der Waals surface area (Å²) < 4.78 is 7.91. The van der Waals surface area contributed by atoms with Crippen LogP contribution in [0.2, 0.25) is 0 Å². The van der Waals surface area contributed by atoms with Crippen LogP contribution in [0.25, 0.3) is 0 Å². The highest BCUT2D eigenvalue weighted by Crippen LogP contribution is 2.29.